The molecule has 1 fully saturated rings. The summed E-state index contributed by atoms with van der Waals surface area (Å²) in [6.07, 6.45) is 5.03. The van der Waals surface area contributed by atoms with Crippen LogP contribution in [0.4, 0.5) is 5.69 Å². The van der Waals surface area contributed by atoms with Crippen LogP contribution < -0.4 is 5.32 Å². The summed E-state index contributed by atoms with van der Waals surface area (Å²) in [5, 5.41) is 9.61. The summed E-state index contributed by atoms with van der Waals surface area (Å²) in [5.74, 6) is 0.564. The summed E-state index contributed by atoms with van der Waals surface area (Å²) < 4.78 is 22.7. The van der Waals surface area contributed by atoms with E-state index in [1.807, 2.05) is 0 Å². The first-order valence-electron chi connectivity index (χ1n) is 4.61. The fourth-order valence-corrected chi connectivity index (χ4v) is 3.34. The zero-order valence-corrected chi connectivity index (χ0v) is 8.55. The number of aromatic amines is 1. The van der Waals surface area contributed by atoms with E-state index in [2.05, 4.69) is 15.5 Å². The summed E-state index contributed by atoms with van der Waals surface area (Å²) in [6, 6.07) is 0.0337. The van der Waals surface area contributed by atoms with E-state index < -0.39 is 9.84 Å². The Hall–Kier alpha value is -1.04. The average molecular weight is 215 g/mol. The van der Waals surface area contributed by atoms with Crippen molar-refractivity contribution in [3.63, 3.8) is 0 Å². The highest BCUT2D eigenvalue weighted by Crippen LogP contribution is 2.16. The van der Waals surface area contributed by atoms with Gasteiger partial charge in [0.1, 0.15) is 0 Å². The second-order valence-electron chi connectivity index (χ2n) is 3.58. The van der Waals surface area contributed by atoms with Gasteiger partial charge in [-0.3, -0.25) is 5.10 Å². The predicted octanol–water partition coefficient (Wildman–Crippen LogP) is 0.399. The first kappa shape index (κ1) is 9.51. The Morgan fingerprint density at radius 1 is 1.57 bits per heavy atom. The number of rotatable bonds is 2. The van der Waals surface area contributed by atoms with Crippen LogP contribution in [0, 0.1) is 0 Å². The maximum absolute atomic E-state index is 11.3. The molecule has 14 heavy (non-hydrogen) atoms. The number of aromatic nitrogens is 2. The van der Waals surface area contributed by atoms with Crippen LogP contribution in [-0.2, 0) is 9.84 Å². The van der Waals surface area contributed by atoms with E-state index >= 15 is 0 Å². The lowest BCUT2D eigenvalue weighted by molar-refractivity contribution is 0.562. The minimum Gasteiger partial charge on any atom is -0.379 e. The van der Waals surface area contributed by atoms with Gasteiger partial charge in [0, 0.05) is 12.2 Å². The van der Waals surface area contributed by atoms with Crippen LogP contribution in [0.5, 0.6) is 0 Å². The molecule has 1 saturated heterocycles. The first-order chi connectivity index (χ1) is 6.66. The fraction of sp³-hybridized carbons (Fsp3) is 0.625. The Morgan fingerprint density at radius 2 is 2.43 bits per heavy atom. The zero-order valence-electron chi connectivity index (χ0n) is 7.73. The molecule has 1 unspecified atom stereocenters. The molecule has 2 heterocycles. The van der Waals surface area contributed by atoms with Gasteiger partial charge in [-0.05, 0) is 12.8 Å². The molecule has 78 valence electrons. The topological polar surface area (TPSA) is 74.8 Å². The third-order valence-electron chi connectivity index (χ3n) is 2.33. The smallest absolute Gasteiger partial charge is 0.152 e. The van der Waals surface area contributed by atoms with Crippen molar-refractivity contribution < 1.29 is 8.42 Å². The summed E-state index contributed by atoms with van der Waals surface area (Å²) >= 11 is 0. The summed E-state index contributed by atoms with van der Waals surface area (Å²) in [7, 11) is -2.83. The van der Waals surface area contributed by atoms with Crippen molar-refractivity contribution in [3.05, 3.63) is 12.4 Å². The Kier molecular flexibility index (Phi) is 2.45. The molecule has 0 bridgehead atoms. The molecule has 1 aliphatic rings. The summed E-state index contributed by atoms with van der Waals surface area (Å²) in [4.78, 5) is 0. The van der Waals surface area contributed by atoms with E-state index in [4.69, 9.17) is 0 Å². The van der Waals surface area contributed by atoms with E-state index in [-0.39, 0.29) is 11.8 Å². The van der Waals surface area contributed by atoms with Crippen LogP contribution in [0.2, 0.25) is 0 Å². The first-order valence-corrected chi connectivity index (χ1v) is 6.44. The number of H-pyrrole nitrogens is 1. The van der Waals surface area contributed by atoms with E-state index in [0.29, 0.717) is 5.75 Å². The molecule has 0 aliphatic carbocycles. The minimum absolute atomic E-state index is 0.0337. The monoisotopic (exact) mass is 215 g/mol. The number of nitrogens with one attached hydrogen (secondary N) is 2. The van der Waals surface area contributed by atoms with E-state index in [1.165, 1.54) is 0 Å². The number of sulfone groups is 1. The minimum atomic E-state index is -2.83. The van der Waals surface area contributed by atoms with Crippen molar-refractivity contribution in [2.24, 2.45) is 0 Å². The molecule has 1 aromatic heterocycles. The molecule has 2 rings (SSSR count). The highest BCUT2D eigenvalue weighted by Gasteiger charge is 2.24. The van der Waals surface area contributed by atoms with Gasteiger partial charge in [-0.1, -0.05) is 0 Å². The maximum atomic E-state index is 11.3. The van der Waals surface area contributed by atoms with E-state index in [1.54, 1.807) is 12.4 Å². The highest BCUT2D eigenvalue weighted by molar-refractivity contribution is 7.91. The van der Waals surface area contributed by atoms with Gasteiger partial charge in [0.2, 0.25) is 0 Å². The second-order valence-corrected chi connectivity index (χ2v) is 5.81. The molecule has 0 radical (unpaired) electrons. The van der Waals surface area contributed by atoms with Crippen molar-refractivity contribution in [2.45, 2.75) is 18.9 Å². The Morgan fingerprint density at radius 3 is 3.07 bits per heavy atom. The van der Waals surface area contributed by atoms with Crippen molar-refractivity contribution in [1.82, 2.24) is 10.2 Å². The number of hydrogen-bond donors (Lipinski definition) is 2. The molecule has 6 heteroatoms. The van der Waals surface area contributed by atoms with Gasteiger partial charge < -0.3 is 5.32 Å². The fourth-order valence-electron chi connectivity index (χ4n) is 1.70. The van der Waals surface area contributed by atoms with E-state index in [0.717, 1.165) is 18.5 Å². The van der Waals surface area contributed by atoms with Gasteiger partial charge in [-0.2, -0.15) is 5.10 Å². The average Bonchev–Trinajstić information content (AvgIpc) is 2.54. The normalized spacial score (nSPS) is 25.9. The number of nitrogens with zero attached hydrogens (tertiary/aromatic N) is 1. The standard InChI is InChI=1S/C8H13N3O2S/c12-14(13)3-1-2-7(6-14)11-8-4-9-10-5-8/h4-5,7,11H,1-3,6H2,(H,9,10). The molecule has 0 saturated carbocycles. The molecule has 1 aliphatic heterocycles. The lowest BCUT2D eigenvalue weighted by Gasteiger charge is -2.22. The molecular formula is C8H13N3O2S. The Balaban J connectivity index is 1.99. The van der Waals surface area contributed by atoms with Gasteiger partial charge in [0.15, 0.2) is 9.84 Å². The molecule has 2 N–H and O–H groups in total. The van der Waals surface area contributed by atoms with Gasteiger partial charge in [-0.25, -0.2) is 8.42 Å². The van der Waals surface area contributed by atoms with Crippen molar-refractivity contribution in [1.29, 1.82) is 0 Å². The quantitative estimate of drug-likeness (QED) is 0.748. The van der Waals surface area contributed by atoms with Crippen molar-refractivity contribution in [2.75, 3.05) is 16.8 Å². The third-order valence-corrected chi connectivity index (χ3v) is 4.15. The molecular weight excluding hydrogens is 202 g/mol. The van der Waals surface area contributed by atoms with Crippen LogP contribution in [-0.4, -0.2) is 36.2 Å². The Bertz CT molecular complexity index is 385. The van der Waals surface area contributed by atoms with Crippen LogP contribution >= 0.6 is 0 Å². The summed E-state index contributed by atoms with van der Waals surface area (Å²) in [5.41, 5.74) is 0.854. The third kappa shape index (κ3) is 2.25. The zero-order chi connectivity index (χ0) is 10.0. The van der Waals surface area contributed by atoms with Gasteiger partial charge >= 0.3 is 0 Å². The molecule has 1 atom stereocenters. The van der Waals surface area contributed by atoms with Gasteiger partial charge in [-0.15, -0.1) is 0 Å². The second kappa shape index (κ2) is 3.61. The largest absolute Gasteiger partial charge is 0.379 e. The molecule has 5 nitrogen and oxygen atoms in total. The number of anilines is 1. The molecule has 0 spiro atoms. The van der Waals surface area contributed by atoms with Gasteiger partial charge in [0.25, 0.3) is 0 Å². The molecule has 0 aromatic carbocycles. The van der Waals surface area contributed by atoms with Crippen molar-refractivity contribution in [3.8, 4) is 0 Å². The maximum Gasteiger partial charge on any atom is 0.152 e. The van der Waals surface area contributed by atoms with Crippen LogP contribution in [0.1, 0.15) is 12.8 Å². The Labute approximate surface area is 82.8 Å². The molecule has 0 amide bonds. The van der Waals surface area contributed by atoms with Crippen LogP contribution in [0.3, 0.4) is 0 Å². The SMILES string of the molecule is O=S1(=O)CCCC(Nc2cn[nH]c2)C1. The van der Waals surface area contributed by atoms with Crippen LogP contribution in [0.15, 0.2) is 12.4 Å². The van der Waals surface area contributed by atoms with Crippen molar-refractivity contribution >= 4 is 15.5 Å². The predicted molar refractivity (Wildman–Crippen MR) is 53.9 cm³/mol. The molecule has 1 aromatic rings. The van der Waals surface area contributed by atoms with E-state index in [9.17, 15) is 8.42 Å². The van der Waals surface area contributed by atoms with Gasteiger partial charge in [0.05, 0.1) is 23.4 Å². The lowest BCUT2D eigenvalue weighted by atomic mass is 10.2. The highest BCUT2D eigenvalue weighted by atomic mass is 32.2. The van der Waals surface area contributed by atoms with Crippen LogP contribution in [0.25, 0.3) is 0 Å². The number of hydrogen-bond acceptors (Lipinski definition) is 4. The summed E-state index contributed by atoms with van der Waals surface area (Å²) in [6.45, 7) is 0. The lowest BCUT2D eigenvalue weighted by Crippen LogP contribution is -2.34.